The van der Waals surface area contributed by atoms with Gasteiger partial charge in [0.25, 0.3) is 11.7 Å². The van der Waals surface area contributed by atoms with E-state index in [1.165, 1.54) is 26.0 Å². The molecule has 7 nitrogen and oxygen atoms in total. The number of cyclic esters (lactones) is 2. The van der Waals surface area contributed by atoms with Gasteiger partial charge in [-0.05, 0) is 12.1 Å². The molecule has 1 saturated heterocycles. The van der Waals surface area contributed by atoms with Crippen LogP contribution in [0.25, 0.3) is 0 Å². The highest BCUT2D eigenvalue weighted by Gasteiger charge is 2.39. The van der Waals surface area contributed by atoms with Gasteiger partial charge in [0.15, 0.2) is 5.57 Å². The number of carbonyl (C=O) groups excluding carboxylic acids is 3. The lowest BCUT2D eigenvalue weighted by Crippen LogP contribution is -2.42. The van der Waals surface area contributed by atoms with Crippen LogP contribution in [0.5, 0.6) is 0 Å². The molecule has 0 aromatic heterocycles. The van der Waals surface area contributed by atoms with Crippen molar-refractivity contribution in [2.45, 2.75) is 26.2 Å². The quantitative estimate of drug-likeness (QED) is 0.483. The van der Waals surface area contributed by atoms with E-state index in [1.54, 1.807) is 0 Å². The fraction of sp³-hybridized carbons (Fsp3) is 0.267. The summed E-state index contributed by atoms with van der Waals surface area (Å²) in [6.07, 6.45) is 1.06. The first-order chi connectivity index (χ1) is 10.8. The van der Waals surface area contributed by atoms with Crippen LogP contribution < -0.4 is 10.6 Å². The van der Waals surface area contributed by atoms with Gasteiger partial charge in [-0.25, -0.2) is 14.0 Å². The SMILES string of the molecule is CC1(C)OC(=O)C(=CNc2cc(F)c3c(c2)C(=O)NC3)C(=O)O1. The van der Waals surface area contributed by atoms with Crippen molar-refractivity contribution < 1.29 is 28.2 Å². The average Bonchev–Trinajstić information content (AvgIpc) is 2.79. The Morgan fingerprint density at radius 1 is 1.22 bits per heavy atom. The molecule has 2 N–H and O–H groups in total. The Balaban J connectivity index is 1.85. The molecule has 1 aromatic carbocycles. The number of benzene rings is 1. The van der Waals surface area contributed by atoms with Crippen LogP contribution in [-0.2, 0) is 25.6 Å². The van der Waals surface area contributed by atoms with E-state index < -0.39 is 23.5 Å². The summed E-state index contributed by atoms with van der Waals surface area (Å²) < 4.78 is 23.8. The van der Waals surface area contributed by atoms with Crippen molar-refractivity contribution >= 4 is 23.5 Å². The predicted octanol–water partition coefficient (Wildman–Crippen LogP) is 1.20. The second-order valence-electron chi connectivity index (χ2n) is 5.55. The molecule has 2 aliphatic heterocycles. The number of hydrogen-bond acceptors (Lipinski definition) is 6. The molecule has 2 aliphatic rings. The van der Waals surface area contributed by atoms with Crippen molar-refractivity contribution in [1.29, 1.82) is 0 Å². The molecule has 0 atom stereocenters. The summed E-state index contributed by atoms with van der Waals surface area (Å²) in [5.41, 5.74) is 0.359. The molecule has 0 spiro atoms. The minimum absolute atomic E-state index is 0.134. The van der Waals surface area contributed by atoms with Crippen LogP contribution in [0.15, 0.2) is 23.9 Å². The molecule has 0 radical (unpaired) electrons. The Hall–Kier alpha value is -2.90. The molecule has 120 valence electrons. The smallest absolute Gasteiger partial charge is 0.350 e. The van der Waals surface area contributed by atoms with E-state index in [1.807, 2.05) is 0 Å². The zero-order chi connectivity index (χ0) is 16.8. The van der Waals surface area contributed by atoms with Crippen LogP contribution in [0.1, 0.15) is 29.8 Å². The van der Waals surface area contributed by atoms with Gasteiger partial charge in [0.2, 0.25) is 0 Å². The molecule has 3 rings (SSSR count). The molecule has 0 unspecified atom stereocenters. The van der Waals surface area contributed by atoms with Gasteiger partial charge in [-0.2, -0.15) is 0 Å². The van der Waals surface area contributed by atoms with Gasteiger partial charge in [-0.15, -0.1) is 0 Å². The summed E-state index contributed by atoms with van der Waals surface area (Å²) in [4.78, 5) is 35.1. The van der Waals surface area contributed by atoms with E-state index in [2.05, 4.69) is 10.6 Å². The highest BCUT2D eigenvalue weighted by molar-refractivity contribution is 6.15. The van der Waals surface area contributed by atoms with E-state index in [4.69, 9.17) is 9.47 Å². The summed E-state index contributed by atoms with van der Waals surface area (Å²) in [6, 6.07) is 2.60. The molecular weight excluding hydrogens is 307 g/mol. The van der Waals surface area contributed by atoms with Crippen molar-refractivity contribution in [3.63, 3.8) is 0 Å². The van der Waals surface area contributed by atoms with Gasteiger partial charge in [0.05, 0.1) is 0 Å². The lowest BCUT2D eigenvalue weighted by atomic mass is 10.1. The number of nitrogens with one attached hydrogen (secondary N) is 2. The summed E-state index contributed by atoms with van der Waals surface area (Å²) in [6.45, 7) is 3.00. The number of ether oxygens (including phenoxy) is 2. The third-order valence-electron chi connectivity index (χ3n) is 3.37. The van der Waals surface area contributed by atoms with E-state index in [-0.39, 0.29) is 34.8 Å². The number of hydrogen-bond donors (Lipinski definition) is 2. The second kappa shape index (κ2) is 5.08. The maximum absolute atomic E-state index is 13.9. The maximum Gasteiger partial charge on any atom is 0.350 e. The van der Waals surface area contributed by atoms with E-state index >= 15 is 0 Å². The fourth-order valence-electron chi connectivity index (χ4n) is 2.30. The molecule has 0 saturated carbocycles. The van der Waals surface area contributed by atoms with Crippen molar-refractivity contribution in [1.82, 2.24) is 5.32 Å². The van der Waals surface area contributed by atoms with Crippen molar-refractivity contribution in [2.75, 3.05) is 5.32 Å². The second-order valence-corrected chi connectivity index (χ2v) is 5.55. The molecule has 2 heterocycles. The number of rotatable bonds is 2. The first-order valence-corrected chi connectivity index (χ1v) is 6.81. The third kappa shape index (κ3) is 2.75. The molecule has 23 heavy (non-hydrogen) atoms. The van der Waals surface area contributed by atoms with Crippen LogP contribution in [-0.4, -0.2) is 23.6 Å². The van der Waals surface area contributed by atoms with Crippen molar-refractivity contribution in [3.05, 3.63) is 40.8 Å². The van der Waals surface area contributed by atoms with E-state index in [0.29, 0.717) is 0 Å². The molecule has 8 heteroatoms. The Bertz CT molecular complexity index is 747. The summed E-state index contributed by atoms with van der Waals surface area (Å²) >= 11 is 0. The average molecular weight is 320 g/mol. The molecule has 1 aromatic rings. The molecular formula is C15H13FN2O5. The highest BCUT2D eigenvalue weighted by atomic mass is 19.1. The number of esters is 2. The number of carbonyl (C=O) groups is 3. The molecule has 0 aliphatic carbocycles. The zero-order valence-electron chi connectivity index (χ0n) is 12.4. The minimum atomic E-state index is -1.33. The number of anilines is 1. The van der Waals surface area contributed by atoms with Gasteiger partial charge in [0, 0.05) is 43.4 Å². The van der Waals surface area contributed by atoms with Gasteiger partial charge in [-0.3, -0.25) is 4.79 Å². The summed E-state index contributed by atoms with van der Waals surface area (Å²) in [5.74, 6) is -3.97. The number of fused-ring (bicyclic) bond motifs is 1. The minimum Gasteiger partial charge on any atom is -0.419 e. The molecule has 1 fully saturated rings. The number of halogens is 1. The van der Waals surface area contributed by atoms with Gasteiger partial charge in [-0.1, -0.05) is 0 Å². The Kier molecular flexibility index (Phi) is 3.32. The largest absolute Gasteiger partial charge is 0.419 e. The molecule has 1 amide bonds. The van der Waals surface area contributed by atoms with E-state index in [0.717, 1.165) is 6.20 Å². The lowest BCUT2D eigenvalue weighted by Gasteiger charge is -2.29. The van der Waals surface area contributed by atoms with Gasteiger partial charge < -0.3 is 20.1 Å². The normalized spacial score (nSPS) is 18.7. The Labute approximate surface area is 130 Å². The van der Waals surface area contributed by atoms with Crippen LogP contribution in [0.4, 0.5) is 10.1 Å². The van der Waals surface area contributed by atoms with Crippen LogP contribution in [0.3, 0.4) is 0 Å². The Morgan fingerprint density at radius 3 is 2.52 bits per heavy atom. The predicted molar refractivity (Wildman–Crippen MR) is 75.5 cm³/mol. The van der Waals surface area contributed by atoms with Gasteiger partial charge >= 0.3 is 11.9 Å². The van der Waals surface area contributed by atoms with Crippen LogP contribution in [0, 0.1) is 5.82 Å². The number of amides is 1. The fourth-order valence-corrected chi connectivity index (χ4v) is 2.30. The first-order valence-electron chi connectivity index (χ1n) is 6.81. The summed E-state index contributed by atoms with van der Waals surface area (Å²) in [7, 11) is 0. The monoisotopic (exact) mass is 320 g/mol. The van der Waals surface area contributed by atoms with Crippen LogP contribution in [0.2, 0.25) is 0 Å². The standard InChI is InChI=1S/C15H13FN2O5/c1-15(2)22-13(20)10(14(21)23-15)6-17-7-3-8-9(11(16)4-7)5-18-12(8)19/h3-4,6,17H,5H2,1-2H3,(H,18,19). The lowest BCUT2D eigenvalue weighted by molar-refractivity contribution is -0.222. The Morgan fingerprint density at radius 2 is 1.87 bits per heavy atom. The third-order valence-corrected chi connectivity index (χ3v) is 3.37. The highest BCUT2D eigenvalue weighted by Crippen LogP contribution is 2.25. The van der Waals surface area contributed by atoms with Crippen molar-refractivity contribution in [2.24, 2.45) is 0 Å². The van der Waals surface area contributed by atoms with Crippen molar-refractivity contribution in [3.8, 4) is 0 Å². The summed E-state index contributed by atoms with van der Waals surface area (Å²) in [5, 5.41) is 5.12. The van der Waals surface area contributed by atoms with Gasteiger partial charge in [0.1, 0.15) is 5.82 Å². The maximum atomic E-state index is 13.9. The zero-order valence-corrected chi connectivity index (χ0v) is 12.4. The molecule has 0 bridgehead atoms. The first kappa shape index (κ1) is 15.0. The van der Waals surface area contributed by atoms with Crippen LogP contribution >= 0.6 is 0 Å². The topological polar surface area (TPSA) is 93.7 Å². The van der Waals surface area contributed by atoms with E-state index in [9.17, 15) is 18.8 Å².